The van der Waals surface area contributed by atoms with Crippen molar-refractivity contribution in [3.05, 3.63) is 22.7 Å². The van der Waals surface area contributed by atoms with E-state index in [1.165, 1.54) is 4.90 Å². The number of nitrogens with zero attached hydrogens (tertiary/aromatic N) is 1. The van der Waals surface area contributed by atoms with Gasteiger partial charge in [-0.2, -0.15) is 0 Å². The molecule has 1 aromatic rings. The number of benzene rings is 1. The molecule has 1 aromatic carbocycles. The second-order valence-electron chi connectivity index (χ2n) is 5.14. The van der Waals surface area contributed by atoms with Gasteiger partial charge in [0.25, 0.3) is 0 Å². The molecule has 114 valence electrons. The Balaban J connectivity index is 2.05. The molecule has 0 unspecified atom stereocenters. The lowest BCUT2D eigenvalue weighted by atomic mass is 9.99. The summed E-state index contributed by atoms with van der Waals surface area (Å²) in [5, 5.41) is 11.9. The van der Waals surface area contributed by atoms with Crippen molar-refractivity contribution in [3.63, 3.8) is 0 Å². The van der Waals surface area contributed by atoms with E-state index in [2.05, 4.69) is 21.2 Å². The van der Waals surface area contributed by atoms with Crippen molar-refractivity contribution in [1.29, 1.82) is 0 Å². The van der Waals surface area contributed by atoms with Crippen LogP contribution in [0.4, 0.5) is 10.5 Å². The highest BCUT2D eigenvalue weighted by atomic mass is 79.9. The molecule has 0 aromatic heterocycles. The van der Waals surface area contributed by atoms with Crippen LogP contribution in [-0.4, -0.2) is 42.2 Å². The van der Waals surface area contributed by atoms with E-state index < -0.39 is 11.9 Å². The number of aliphatic carboxylic acids is 1. The number of methoxy groups -OCH3 is 1. The molecule has 6 nitrogen and oxygen atoms in total. The summed E-state index contributed by atoms with van der Waals surface area (Å²) in [5.41, 5.74) is 0.595. The minimum Gasteiger partial charge on any atom is -0.497 e. The lowest BCUT2D eigenvalue weighted by Gasteiger charge is -2.17. The molecule has 0 spiro atoms. The number of urea groups is 1. The molecule has 0 saturated carbocycles. The van der Waals surface area contributed by atoms with E-state index in [0.717, 1.165) is 4.47 Å². The predicted octanol–water partition coefficient (Wildman–Crippen LogP) is 2.64. The Labute approximate surface area is 131 Å². The van der Waals surface area contributed by atoms with Crippen molar-refractivity contribution in [2.75, 3.05) is 25.5 Å². The Morgan fingerprint density at radius 1 is 1.38 bits per heavy atom. The van der Waals surface area contributed by atoms with Crippen LogP contribution < -0.4 is 10.1 Å². The van der Waals surface area contributed by atoms with E-state index in [-0.39, 0.29) is 18.5 Å². The zero-order chi connectivity index (χ0) is 15.6. The summed E-state index contributed by atoms with van der Waals surface area (Å²) in [7, 11) is 1.55. The van der Waals surface area contributed by atoms with Gasteiger partial charge in [0.1, 0.15) is 5.75 Å². The number of hydrogen-bond donors (Lipinski definition) is 2. The highest BCUT2D eigenvalue weighted by Gasteiger charge is 2.36. The topological polar surface area (TPSA) is 78.9 Å². The number of carbonyl (C=O) groups is 2. The molecule has 2 atom stereocenters. The third kappa shape index (κ3) is 3.66. The van der Waals surface area contributed by atoms with Gasteiger partial charge in [-0.25, -0.2) is 4.79 Å². The first-order valence-corrected chi connectivity index (χ1v) is 7.33. The van der Waals surface area contributed by atoms with Crippen molar-refractivity contribution >= 4 is 33.6 Å². The van der Waals surface area contributed by atoms with Gasteiger partial charge in [-0.3, -0.25) is 4.79 Å². The van der Waals surface area contributed by atoms with Crippen LogP contribution in [-0.2, 0) is 4.79 Å². The fraction of sp³-hybridized carbons (Fsp3) is 0.429. The molecule has 1 aliphatic rings. The summed E-state index contributed by atoms with van der Waals surface area (Å²) in [6, 6.07) is 4.95. The molecular formula is C14H17BrN2O4. The summed E-state index contributed by atoms with van der Waals surface area (Å²) < 4.78 is 5.92. The fourth-order valence-electron chi connectivity index (χ4n) is 2.41. The minimum absolute atomic E-state index is 0.0507. The number of anilines is 1. The number of carbonyl (C=O) groups excluding carboxylic acids is 1. The zero-order valence-electron chi connectivity index (χ0n) is 11.8. The molecule has 0 aliphatic carbocycles. The molecule has 2 amide bonds. The van der Waals surface area contributed by atoms with Crippen molar-refractivity contribution in [2.45, 2.75) is 6.92 Å². The van der Waals surface area contributed by atoms with Gasteiger partial charge in [0.15, 0.2) is 0 Å². The molecule has 1 aliphatic heterocycles. The van der Waals surface area contributed by atoms with Crippen molar-refractivity contribution in [2.24, 2.45) is 11.8 Å². The maximum atomic E-state index is 12.2. The van der Waals surface area contributed by atoms with E-state index >= 15 is 0 Å². The monoisotopic (exact) mass is 356 g/mol. The van der Waals surface area contributed by atoms with Crippen LogP contribution in [0.25, 0.3) is 0 Å². The first-order valence-electron chi connectivity index (χ1n) is 6.54. The molecule has 1 heterocycles. The lowest BCUT2D eigenvalue weighted by Crippen LogP contribution is -2.33. The van der Waals surface area contributed by atoms with Gasteiger partial charge >= 0.3 is 12.0 Å². The minimum atomic E-state index is -0.859. The van der Waals surface area contributed by atoms with Crippen LogP contribution in [0.5, 0.6) is 5.75 Å². The quantitative estimate of drug-likeness (QED) is 0.872. The number of likely N-dealkylation sites (tertiary alicyclic amines) is 1. The van der Waals surface area contributed by atoms with Crippen LogP contribution in [0, 0.1) is 11.8 Å². The zero-order valence-corrected chi connectivity index (χ0v) is 13.4. The largest absolute Gasteiger partial charge is 0.497 e. The van der Waals surface area contributed by atoms with Gasteiger partial charge in [-0.1, -0.05) is 22.9 Å². The maximum Gasteiger partial charge on any atom is 0.321 e. The van der Waals surface area contributed by atoms with Crippen molar-refractivity contribution in [1.82, 2.24) is 4.90 Å². The molecule has 0 bridgehead atoms. The normalized spacial score (nSPS) is 21.2. The number of ether oxygens (including phenoxy) is 1. The van der Waals surface area contributed by atoms with Gasteiger partial charge in [0, 0.05) is 29.3 Å². The van der Waals surface area contributed by atoms with E-state index in [4.69, 9.17) is 9.84 Å². The second kappa shape index (κ2) is 6.34. The molecular weight excluding hydrogens is 340 g/mol. The third-order valence-corrected chi connectivity index (χ3v) is 4.03. The molecule has 1 fully saturated rings. The number of nitrogens with one attached hydrogen (secondary N) is 1. The van der Waals surface area contributed by atoms with Crippen LogP contribution in [0.15, 0.2) is 22.7 Å². The van der Waals surface area contributed by atoms with Crippen LogP contribution >= 0.6 is 15.9 Å². The van der Waals surface area contributed by atoms with E-state index in [1.807, 2.05) is 6.92 Å². The fourth-order valence-corrected chi connectivity index (χ4v) is 2.88. The van der Waals surface area contributed by atoms with Crippen molar-refractivity contribution < 1.29 is 19.4 Å². The molecule has 7 heteroatoms. The smallest absolute Gasteiger partial charge is 0.321 e. The first kappa shape index (κ1) is 15.6. The van der Waals surface area contributed by atoms with Gasteiger partial charge in [-0.05, 0) is 18.1 Å². The summed E-state index contributed by atoms with van der Waals surface area (Å²) in [5.74, 6) is -0.794. The summed E-state index contributed by atoms with van der Waals surface area (Å²) in [4.78, 5) is 24.8. The molecule has 0 radical (unpaired) electrons. The summed E-state index contributed by atoms with van der Waals surface area (Å²) >= 11 is 3.34. The Hall–Kier alpha value is -1.76. The lowest BCUT2D eigenvalue weighted by molar-refractivity contribution is -0.142. The highest BCUT2D eigenvalue weighted by molar-refractivity contribution is 9.10. The van der Waals surface area contributed by atoms with E-state index in [1.54, 1.807) is 25.3 Å². The van der Waals surface area contributed by atoms with Crippen LogP contribution in [0.2, 0.25) is 0 Å². The number of halogens is 1. The standard InChI is InChI=1S/C14H17BrN2O4/c1-8-6-17(7-12(8)13(18)19)14(20)16-10-3-9(15)4-11(5-10)21-2/h3-5,8,12H,6-7H2,1-2H3,(H,16,20)(H,18,19)/t8-,12-/m1/s1. The molecule has 1 saturated heterocycles. The maximum absolute atomic E-state index is 12.2. The average Bonchev–Trinajstić information content (AvgIpc) is 2.80. The summed E-state index contributed by atoms with van der Waals surface area (Å²) in [6.45, 7) is 2.51. The number of rotatable bonds is 3. The second-order valence-corrected chi connectivity index (χ2v) is 6.05. The third-order valence-electron chi connectivity index (χ3n) is 3.58. The van der Waals surface area contributed by atoms with Gasteiger partial charge in [-0.15, -0.1) is 0 Å². The predicted molar refractivity (Wildman–Crippen MR) is 81.6 cm³/mol. The highest BCUT2D eigenvalue weighted by Crippen LogP contribution is 2.27. The van der Waals surface area contributed by atoms with Gasteiger partial charge < -0.3 is 20.1 Å². The molecule has 2 rings (SSSR count). The van der Waals surface area contributed by atoms with E-state index in [9.17, 15) is 9.59 Å². The Morgan fingerprint density at radius 2 is 2.10 bits per heavy atom. The number of amides is 2. The van der Waals surface area contributed by atoms with Gasteiger partial charge in [0.2, 0.25) is 0 Å². The summed E-state index contributed by atoms with van der Waals surface area (Å²) in [6.07, 6.45) is 0. The average molecular weight is 357 g/mol. The molecule has 2 N–H and O–H groups in total. The van der Waals surface area contributed by atoms with Gasteiger partial charge in [0.05, 0.1) is 13.0 Å². The number of hydrogen-bond acceptors (Lipinski definition) is 3. The Bertz CT molecular complexity index is 564. The number of carboxylic acids is 1. The van der Waals surface area contributed by atoms with Crippen LogP contribution in [0.1, 0.15) is 6.92 Å². The number of carboxylic acid groups (broad SMARTS) is 1. The Kier molecular flexibility index (Phi) is 4.72. The SMILES string of the molecule is COc1cc(Br)cc(NC(=O)N2C[C@@H](C)[C@H](C(=O)O)C2)c1. The van der Waals surface area contributed by atoms with Crippen LogP contribution in [0.3, 0.4) is 0 Å². The van der Waals surface area contributed by atoms with E-state index in [0.29, 0.717) is 18.0 Å². The molecule has 21 heavy (non-hydrogen) atoms. The first-order chi connectivity index (χ1) is 9.90. The van der Waals surface area contributed by atoms with Crippen molar-refractivity contribution in [3.8, 4) is 5.75 Å². The Morgan fingerprint density at radius 3 is 2.67 bits per heavy atom.